The van der Waals surface area contributed by atoms with Gasteiger partial charge in [-0.25, -0.2) is 21.6 Å². The van der Waals surface area contributed by atoms with Gasteiger partial charge in [-0.3, -0.25) is 4.72 Å². The number of hydrogen-bond donors (Lipinski definition) is 3. The van der Waals surface area contributed by atoms with Crippen LogP contribution in [0.5, 0.6) is 0 Å². The van der Waals surface area contributed by atoms with Crippen molar-refractivity contribution >= 4 is 43.0 Å². The summed E-state index contributed by atoms with van der Waals surface area (Å²) in [4.78, 5) is 12.3. The van der Waals surface area contributed by atoms with Gasteiger partial charge in [-0.2, -0.15) is 0 Å². The van der Waals surface area contributed by atoms with Gasteiger partial charge < -0.3 is 10.6 Å². The van der Waals surface area contributed by atoms with E-state index in [4.69, 9.17) is 0 Å². The fourth-order valence-corrected chi connectivity index (χ4v) is 6.36. The van der Waals surface area contributed by atoms with E-state index < -0.39 is 25.9 Å². The van der Waals surface area contributed by atoms with Crippen LogP contribution < -0.4 is 15.4 Å². The van der Waals surface area contributed by atoms with E-state index in [0.717, 1.165) is 11.1 Å². The molecule has 0 saturated heterocycles. The fraction of sp³-hybridized carbons (Fsp3) is 0. The van der Waals surface area contributed by atoms with Crippen molar-refractivity contribution in [3.63, 3.8) is 0 Å². The fourth-order valence-electron chi connectivity index (χ4n) is 4.04. The molecule has 3 N–H and O–H groups in total. The molecule has 0 atom stereocenters. The number of urea groups is 1. The Balaban J connectivity index is 1.24. The van der Waals surface area contributed by atoms with Crippen LogP contribution in [-0.4, -0.2) is 22.9 Å². The maximum atomic E-state index is 13.1. The van der Waals surface area contributed by atoms with E-state index in [0.29, 0.717) is 11.4 Å². The van der Waals surface area contributed by atoms with Crippen molar-refractivity contribution in [2.24, 2.45) is 0 Å². The van der Waals surface area contributed by atoms with Gasteiger partial charge in [0.05, 0.1) is 14.7 Å². The highest BCUT2D eigenvalue weighted by atomic mass is 32.2. The first-order valence-corrected chi connectivity index (χ1v) is 15.4. The molecule has 0 heterocycles. The summed E-state index contributed by atoms with van der Waals surface area (Å²) in [7, 11) is -7.77. The van der Waals surface area contributed by atoms with Gasteiger partial charge in [-0.05, 0) is 83.9 Å². The highest BCUT2D eigenvalue weighted by Crippen LogP contribution is 2.26. The van der Waals surface area contributed by atoms with Crippen LogP contribution in [0.1, 0.15) is 0 Å². The summed E-state index contributed by atoms with van der Waals surface area (Å²) in [5.74, 6) is 0. The molecular weight excluding hydrogens is 558 g/mol. The number of carbonyl (C=O) groups is 1. The lowest BCUT2D eigenvalue weighted by atomic mass is 10.1. The van der Waals surface area contributed by atoms with Crippen molar-refractivity contribution in [3.05, 3.63) is 133 Å². The normalized spacial score (nSPS) is 11.4. The third kappa shape index (κ3) is 6.63. The predicted molar refractivity (Wildman–Crippen MR) is 160 cm³/mol. The van der Waals surface area contributed by atoms with E-state index in [2.05, 4.69) is 15.4 Å². The Bertz CT molecular complexity index is 1860. The van der Waals surface area contributed by atoms with Crippen LogP contribution in [0, 0.1) is 0 Å². The zero-order valence-electron chi connectivity index (χ0n) is 21.6. The Kier molecular flexibility index (Phi) is 7.86. The Hall–Kier alpha value is -4.93. The first-order valence-electron chi connectivity index (χ1n) is 12.5. The van der Waals surface area contributed by atoms with Crippen molar-refractivity contribution in [3.8, 4) is 11.1 Å². The summed E-state index contributed by atoms with van der Waals surface area (Å²) in [5.41, 5.74) is 3.12. The van der Waals surface area contributed by atoms with Gasteiger partial charge in [0.1, 0.15) is 0 Å². The average Bonchev–Trinajstić information content (AvgIpc) is 2.98. The third-order valence-corrected chi connectivity index (χ3v) is 9.33. The predicted octanol–water partition coefficient (Wildman–Crippen LogP) is 6.63. The van der Waals surface area contributed by atoms with E-state index in [9.17, 15) is 21.6 Å². The van der Waals surface area contributed by atoms with Crippen LogP contribution in [0.3, 0.4) is 0 Å². The number of nitrogens with one attached hydrogen (secondary N) is 3. The highest BCUT2D eigenvalue weighted by molar-refractivity contribution is 7.92. The number of amides is 2. The lowest BCUT2D eigenvalue weighted by Gasteiger charge is -2.11. The van der Waals surface area contributed by atoms with Crippen molar-refractivity contribution in [1.29, 1.82) is 0 Å². The van der Waals surface area contributed by atoms with Crippen molar-refractivity contribution in [1.82, 2.24) is 0 Å². The standard InChI is InChI=1S/C31H25N3O5S2/c35-31(32-25-9-5-2-6-10-25)33-26-13-19-28(20-14-26)40(36,37)29-21-15-27(16-22-29)34-41(38,39)30-17-11-24(12-18-30)23-7-3-1-4-8-23/h1-22,34H,(H2,32,33,35). The number of rotatable bonds is 8. The zero-order chi connectivity index (χ0) is 28.9. The van der Waals surface area contributed by atoms with Crippen LogP contribution >= 0.6 is 0 Å². The zero-order valence-corrected chi connectivity index (χ0v) is 23.2. The number of para-hydroxylation sites is 1. The second kappa shape index (κ2) is 11.7. The average molecular weight is 584 g/mol. The van der Waals surface area contributed by atoms with Crippen LogP contribution in [0.2, 0.25) is 0 Å². The molecule has 0 unspecified atom stereocenters. The monoisotopic (exact) mass is 583 g/mol. The lowest BCUT2D eigenvalue weighted by Crippen LogP contribution is -2.19. The number of carbonyl (C=O) groups excluding carboxylic acids is 1. The van der Waals surface area contributed by atoms with Gasteiger partial charge in [-0.15, -0.1) is 0 Å². The molecule has 206 valence electrons. The van der Waals surface area contributed by atoms with Crippen molar-refractivity contribution in [2.75, 3.05) is 15.4 Å². The maximum absolute atomic E-state index is 13.1. The van der Waals surface area contributed by atoms with E-state index in [-0.39, 0.29) is 20.4 Å². The van der Waals surface area contributed by atoms with Gasteiger partial charge >= 0.3 is 6.03 Å². The molecule has 0 radical (unpaired) electrons. The second-order valence-electron chi connectivity index (χ2n) is 8.99. The van der Waals surface area contributed by atoms with E-state index >= 15 is 0 Å². The summed E-state index contributed by atoms with van der Waals surface area (Å²) < 4.78 is 54.6. The summed E-state index contributed by atoms with van der Waals surface area (Å²) in [6.45, 7) is 0. The molecule has 5 rings (SSSR count). The van der Waals surface area contributed by atoms with Crippen LogP contribution in [0.25, 0.3) is 11.1 Å². The first-order chi connectivity index (χ1) is 19.7. The van der Waals surface area contributed by atoms with Gasteiger partial charge in [0.25, 0.3) is 10.0 Å². The molecule has 0 spiro atoms. The quantitative estimate of drug-likeness (QED) is 0.189. The molecule has 0 aliphatic carbocycles. The summed E-state index contributed by atoms with van der Waals surface area (Å²) in [6.07, 6.45) is 0. The Morgan fingerprint density at radius 3 is 1.39 bits per heavy atom. The summed E-state index contributed by atoms with van der Waals surface area (Å²) in [5, 5.41) is 5.34. The maximum Gasteiger partial charge on any atom is 0.323 e. The largest absolute Gasteiger partial charge is 0.323 e. The smallest absolute Gasteiger partial charge is 0.308 e. The molecule has 0 saturated carbocycles. The Morgan fingerprint density at radius 1 is 0.439 bits per heavy atom. The van der Waals surface area contributed by atoms with Gasteiger partial charge in [0.15, 0.2) is 0 Å². The SMILES string of the molecule is O=C(Nc1ccccc1)Nc1ccc(S(=O)(=O)c2ccc(NS(=O)(=O)c3ccc(-c4ccccc4)cc3)cc2)cc1. The molecule has 41 heavy (non-hydrogen) atoms. The number of hydrogen-bond acceptors (Lipinski definition) is 5. The number of anilines is 3. The molecule has 5 aromatic carbocycles. The number of sulfonamides is 1. The van der Waals surface area contributed by atoms with Gasteiger partial charge in [0, 0.05) is 17.1 Å². The van der Waals surface area contributed by atoms with Crippen LogP contribution in [0.15, 0.2) is 148 Å². The number of benzene rings is 5. The molecule has 5 aromatic rings. The molecule has 0 aliphatic rings. The molecule has 0 aliphatic heterocycles. The minimum atomic E-state index is -3.89. The van der Waals surface area contributed by atoms with Crippen LogP contribution in [-0.2, 0) is 19.9 Å². The minimum Gasteiger partial charge on any atom is -0.308 e. The molecule has 10 heteroatoms. The first kappa shape index (κ1) is 27.6. The molecule has 8 nitrogen and oxygen atoms in total. The van der Waals surface area contributed by atoms with Gasteiger partial charge in [-0.1, -0.05) is 60.7 Å². The second-order valence-corrected chi connectivity index (χ2v) is 12.6. The lowest BCUT2D eigenvalue weighted by molar-refractivity contribution is 0.262. The van der Waals surface area contributed by atoms with Crippen molar-refractivity contribution < 1.29 is 21.6 Å². The van der Waals surface area contributed by atoms with Gasteiger partial charge in [0.2, 0.25) is 9.84 Å². The summed E-state index contributed by atoms with van der Waals surface area (Å²) >= 11 is 0. The molecule has 2 amide bonds. The van der Waals surface area contributed by atoms with E-state index in [1.807, 2.05) is 36.4 Å². The Morgan fingerprint density at radius 2 is 0.854 bits per heavy atom. The Labute approximate surface area is 238 Å². The topological polar surface area (TPSA) is 121 Å². The van der Waals surface area contributed by atoms with Crippen LogP contribution in [0.4, 0.5) is 21.9 Å². The minimum absolute atomic E-state index is 0.00445. The number of sulfone groups is 1. The van der Waals surface area contributed by atoms with E-state index in [1.54, 1.807) is 36.4 Å². The summed E-state index contributed by atoms with van der Waals surface area (Å²) in [6, 6.07) is 35.8. The highest BCUT2D eigenvalue weighted by Gasteiger charge is 2.19. The molecule has 0 fully saturated rings. The van der Waals surface area contributed by atoms with Crippen molar-refractivity contribution in [2.45, 2.75) is 14.7 Å². The molecular formula is C31H25N3O5S2. The molecule has 0 aromatic heterocycles. The molecule has 0 bridgehead atoms. The third-order valence-electron chi connectivity index (χ3n) is 6.14. The van der Waals surface area contributed by atoms with E-state index in [1.165, 1.54) is 60.7 Å².